The molecule has 88 valence electrons. The molecule has 0 saturated carbocycles. The normalized spacial score (nSPS) is 33.0. The minimum absolute atomic E-state index is 0.0104. The number of ether oxygens (including phenoxy) is 1. The maximum atomic E-state index is 5.83. The summed E-state index contributed by atoms with van der Waals surface area (Å²) in [7, 11) is 0. The van der Waals surface area contributed by atoms with E-state index in [-0.39, 0.29) is 5.60 Å². The van der Waals surface area contributed by atoms with Crippen LogP contribution in [0.15, 0.2) is 0 Å². The van der Waals surface area contributed by atoms with Crippen molar-refractivity contribution < 1.29 is 4.74 Å². The van der Waals surface area contributed by atoms with Crippen LogP contribution in [0.3, 0.4) is 0 Å². The molecule has 0 amide bonds. The number of nitrogens with one attached hydrogen (secondary N) is 1. The van der Waals surface area contributed by atoms with Crippen molar-refractivity contribution >= 4 is 0 Å². The Bertz CT molecular complexity index is 212. The van der Waals surface area contributed by atoms with E-state index in [2.05, 4.69) is 31.0 Å². The van der Waals surface area contributed by atoms with Gasteiger partial charge in [-0.2, -0.15) is 0 Å². The van der Waals surface area contributed by atoms with E-state index < -0.39 is 0 Å². The van der Waals surface area contributed by atoms with Crippen molar-refractivity contribution in [1.82, 2.24) is 10.2 Å². The molecule has 1 N–H and O–H groups in total. The molecule has 0 radical (unpaired) electrons. The fraction of sp³-hybridized carbons (Fsp3) is 1.00. The number of nitrogens with zero attached hydrogens (tertiary/aromatic N) is 1. The van der Waals surface area contributed by atoms with Crippen molar-refractivity contribution in [2.45, 2.75) is 51.3 Å². The number of rotatable bonds is 2. The summed E-state index contributed by atoms with van der Waals surface area (Å²) >= 11 is 0. The Kier molecular flexibility index (Phi) is 3.33. The monoisotopic (exact) mass is 212 g/mol. The van der Waals surface area contributed by atoms with Crippen LogP contribution in [-0.2, 0) is 4.74 Å². The van der Waals surface area contributed by atoms with Crippen molar-refractivity contribution in [3.05, 3.63) is 0 Å². The average Bonchev–Trinajstić information content (AvgIpc) is 2.60. The maximum Gasteiger partial charge on any atom is 0.0639 e. The molecule has 2 aliphatic rings. The highest BCUT2D eigenvalue weighted by Gasteiger charge is 2.31. The first-order valence-electron chi connectivity index (χ1n) is 6.16. The predicted molar refractivity (Wildman–Crippen MR) is 62.1 cm³/mol. The molecule has 15 heavy (non-hydrogen) atoms. The third-order valence-electron chi connectivity index (χ3n) is 3.31. The Hall–Kier alpha value is -0.120. The zero-order chi connectivity index (χ0) is 10.9. The number of hydrogen-bond acceptors (Lipinski definition) is 3. The van der Waals surface area contributed by atoms with E-state index in [0.717, 1.165) is 19.2 Å². The molecule has 2 rings (SSSR count). The van der Waals surface area contributed by atoms with Crippen LogP contribution in [-0.4, -0.2) is 48.8 Å². The van der Waals surface area contributed by atoms with E-state index in [9.17, 15) is 0 Å². The second-order valence-electron chi connectivity index (χ2n) is 5.82. The van der Waals surface area contributed by atoms with Gasteiger partial charge in [-0.25, -0.2) is 0 Å². The van der Waals surface area contributed by atoms with Crippen molar-refractivity contribution in [3.8, 4) is 0 Å². The van der Waals surface area contributed by atoms with Crippen LogP contribution in [0.5, 0.6) is 0 Å². The van der Waals surface area contributed by atoms with Gasteiger partial charge in [0.15, 0.2) is 0 Å². The van der Waals surface area contributed by atoms with Crippen LogP contribution in [0.25, 0.3) is 0 Å². The average molecular weight is 212 g/mol. The Balaban J connectivity index is 1.75. The van der Waals surface area contributed by atoms with Gasteiger partial charge in [0.25, 0.3) is 0 Å². The third kappa shape index (κ3) is 3.16. The van der Waals surface area contributed by atoms with Crippen LogP contribution in [0.4, 0.5) is 0 Å². The first-order chi connectivity index (χ1) is 7.04. The summed E-state index contributed by atoms with van der Waals surface area (Å²) in [6.07, 6.45) is 2.75. The summed E-state index contributed by atoms with van der Waals surface area (Å²) in [5.41, 5.74) is -0.0104. The lowest BCUT2D eigenvalue weighted by Gasteiger charge is -2.37. The van der Waals surface area contributed by atoms with E-state index in [4.69, 9.17) is 4.74 Å². The SMILES string of the molecule is CC(C)(C)OCC1CN2CCCC2CN1. The Morgan fingerprint density at radius 1 is 1.40 bits per heavy atom. The van der Waals surface area contributed by atoms with Gasteiger partial charge in [-0.05, 0) is 40.2 Å². The molecule has 2 saturated heterocycles. The van der Waals surface area contributed by atoms with E-state index in [1.54, 1.807) is 0 Å². The summed E-state index contributed by atoms with van der Waals surface area (Å²) < 4.78 is 5.83. The van der Waals surface area contributed by atoms with Gasteiger partial charge in [-0.15, -0.1) is 0 Å². The summed E-state index contributed by atoms with van der Waals surface area (Å²) in [6, 6.07) is 1.33. The lowest BCUT2D eigenvalue weighted by molar-refractivity contribution is -0.0248. The van der Waals surface area contributed by atoms with E-state index in [1.807, 2.05) is 0 Å². The fourth-order valence-corrected chi connectivity index (χ4v) is 2.48. The summed E-state index contributed by atoms with van der Waals surface area (Å²) in [6.45, 7) is 10.8. The Labute approximate surface area is 93.2 Å². The first kappa shape index (κ1) is 11.4. The largest absolute Gasteiger partial charge is 0.374 e. The number of piperazine rings is 1. The Morgan fingerprint density at radius 3 is 2.93 bits per heavy atom. The molecule has 0 spiro atoms. The molecule has 2 aliphatic heterocycles. The van der Waals surface area contributed by atoms with Gasteiger partial charge >= 0.3 is 0 Å². The summed E-state index contributed by atoms with van der Waals surface area (Å²) in [4.78, 5) is 2.62. The second kappa shape index (κ2) is 4.40. The summed E-state index contributed by atoms with van der Waals surface area (Å²) in [5, 5.41) is 3.60. The maximum absolute atomic E-state index is 5.83. The van der Waals surface area contributed by atoms with Gasteiger partial charge in [0, 0.05) is 25.2 Å². The predicted octanol–water partition coefficient (Wildman–Crippen LogP) is 1.24. The number of hydrogen-bond donors (Lipinski definition) is 1. The highest BCUT2D eigenvalue weighted by atomic mass is 16.5. The highest BCUT2D eigenvalue weighted by Crippen LogP contribution is 2.20. The molecule has 0 aromatic rings. The van der Waals surface area contributed by atoms with E-state index >= 15 is 0 Å². The van der Waals surface area contributed by atoms with Crippen LogP contribution < -0.4 is 5.32 Å². The van der Waals surface area contributed by atoms with Gasteiger partial charge in [0.05, 0.1) is 12.2 Å². The van der Waals surface area contributed by atoms with Crippen LogP contribution in [0.2, 0.25) is 0 Å². The second-order valence-corrected chi connectivity index (χ2v) is 5.82. The molecule has 0 aromatic heterocycles. The molecule has 2 fully saturated rings. The zero-order valence-electron chi connectivity index (χ0n) is 10.3. The molecule has 0 aliphatic carbocycles. The summed E-state index contributed by atoms with van der Waals surface area (Å²) in [5.74, 6) is 0. The van der Waals surface area contributed by atoms with Gasteiger partial charge < -0.3 is 10.1 Å². The van der Waals surface area contributed by atoms with Crippen molar-refractivity contribution in [1.29, 1.82) is 0 Å². The van der Waals surface area contributed by atoms with E-state index in [0.29, 0.717) is 6.04 Å². The molecule has 0 bridgehead atoms. The molecule has 3 nitrogen and oxygen atoms in total. The van der Waals surface area contributed by atoms with Gasteiger partial charge in [-0.1, -0.05) is 0 Å². The molecule has 0 aromatic carbocycles. The molecule has 2 heterocycles. The topological polar surface area (TPSA) is 24.5 Å². The first-order valence-corrected chi connectivity index (χ1v) is 6.16. The lowest BCUT2D eigenvalue weighted by Crippen LogP contribution is -2.55. The highest BCUT2D eigenvalue weighted by molar-refractivity contribution is 4.90. The van der Waals surface area contributed by atoms with Crippen LogP contribution >= 0.6 is 0 Å². The van der Waals surface area contributed by atoms with Crippen LogP contribution in [0.1, 0.15) is 33.6 Å². The minimum atomic E-state index is -0.0104. The molecule has 3 heteroatoms. The lowest BCUT2D eigenvalue weighted by atomic mass is 10.1. The standard InChI is InChI=1S/C12H24N2O/c1-12(2,3)15-9-10-8-14-6-4-5-11(14)7-13-10/h10-11,13H,4-9H2,1-3H3. The molecule has 2 atom stereocenters. The quantitative estimate of drug-likeness (QED) is 0.745. The molecular weight excluding hydrogens is 188 g/mol. The van der Waals surface area contributed by atoms with E-state index in [1.165, 1.54) is 25.9 Å². The van der Waals surface area contributed by atoms with Gasteiger partial charge in [-0.3, -0.25) is 4.90 Å². The Morgan fingerprint density at radius 2 is 2.20 bits per heavy atom. The smallest absolute Gasteiger partial charge is 0.0639 e. The fourth-order valence-electron chi connectivity index (χ4n) is 2.48. The number of fused-ring (bicyclic) bond motifs is 1. The molecule has 2 unspecified atom stereocenters. The molecular formula is C12H24N2O. The van der Waals surface area contributed by atoms with Gasteiger partial charge in [0.2, 0.25) is 0 Å². The van der Waals surface area contributed by atoms with Crippen LogP contribution in [0, 0.1) is 0 Å². The van der Waals surface area contributed by atoms with Crippen molar-refractivity contribution in [2.24, 2.45) is 0 Å². The van der Waals surface area contributed by atoms with Crippen molar-refractivity contribution in [2.75, 3.05) is 26.2 Å². The zero-order valence-corrected chi connectivity index (χ0v) is 10.3. The third-order valence-corrected chi connectivity index (χ3v) is 3.31. The minimum Gasteiger partial charge on any atom is -0.374 e. The van der Waals surface area contributed by atoms with Gasteiger partial charge in [0.1, 0.15) is 0 Å². The van der Waals surface area contributed by atoms with Crippen molar-refractivity contribution in [3.63, 3.8) is 0 Å².